The number of piperazine rings is 2. The fourth-order valence-corrected chi connectivity index (χ4v) is 5.06. The summed E-state index contributed by atoms with van der Waals surface area (Å²) in [6, 6.07) is 7.20. The van der Waals surface area contributed by atoms with E-state index in [9.17, 15) is 19.2 Å². The predicted octanol–water partition coefficient (Wildman–Crippen LogP) is 0.606. The molecule has 2 heterocycles. The summed E-state index contributed by atoms with van der Waals surface area (Å²) in [6.07, 6.45) is 2.37. The maximum Gasteiger partial charge on any atom is 0.407 e. The number of carboxylic acid groups (broad SMARTS) is 2. The molecule has 16 heteroatoms. The van der Waals surface area contributed by atoms with Crippen molar-refractivity contribution in [3.05, 3.63) is 29.8 Å². The fourth-order valence-electron chi connectivity index (χ4n) is 5.06. The minimum Gasteiger partial charge on any atom is -0.465 e. The van der Waals surface area contributed by atoms with E-state index in [0.29, 0.717) is 83.1 Å². The van der Waals surface area contributed by atoms with Gasteiger partial charge in [-0.25, -0.2) is 24.2 Å². The van der Waals surface area contributed by atoms with E-state index in [1.807, 2.05) is 12.1 Å². The lowest BCUT2D eigenvalue weighted by molar-refractivity contribution is 0.111. The molecule has 1 saturated carbocycles. The van der Waals surface area contributed by atoms with Gasteiger partial charge in [0.2, 0.25) is 0 Å². The van der Waals surface area contributed by atoms with Gasteiger partial charge in [0.05, 0.1) is 5.69 Å². The predicted molar refractivity (Wildman–Crippen MR) is 160 cm³/mol. The van der Waals surface area contributed by atoms with Gasteiger partial charge in [-0.15, -0.1) is 0 Å². The Balaban J connectivity index is 0.000000238. The van der Waals surface area contributed by atoms with Crippen molar-refractivity contribution in [3.8, 4) is 0 Å². The number of hydrogen-bond donors (Lipinski definition) is 7. The van der Waals surface area contributed by atoms with Crippen molar-refractivity contribution in [2.75, 3.05) is 58.9 Å². The molecule has 6 amide bonds. The van der Waals surface area contributed by atoms with Gasteiger partial charge >= 0.3 is 24.2 Å². The lowest BCUT2D eigenvalue weighted by atomic mass is 9.86. The Labute approximate surface area is 250 Å². The monoisotopic (exact) mass is 604 g/mol. The van der Waals surface area contributed by atoms with E-state index in [1.165, 1.54) is 9.80 Å². The van der Waals surface area contributed by atoms with Gasteiger partial charge < -0.3 is 57.6 Å². The van der Waals surface area contributed by atoms with E-state index in [0.717, 1.165) is 31.2 Å². The third-order valence-corrected chi connectivity index (χ3v) is 7.75. The van der Waals surface area contributed by atoms with Gasteiger partial charge in [-0.05, 0) is 49.3 Å². The van der Waals surface area contributed by atoms with Crippen LogP contribution in [0.2, 0.25) is 0 Å². The van der Waals surface area contributed by atoms with Crippen LogP contribution in [0.25, 0.3) is 0 Å². The fraction of sp³-hybridized carbons (Fsp3) is 0.593. The van der Waals surface area contributed by atoms with Crippen molar-refractivity contribution in [2.45, 2.75) is 38.3 Å². The molecule has 0 bridgehead atoms. The summed E-state index contributed by atoms with van der Waals surface area (Å²) in [7, 11) is 0. The average Bonchev–Trinajstić information content (AvgIpc) is 3.00. The number of urea groups is 2. The maximum absolute atomic E-state index is 12.1. The number of nitrogens with one attached hydrogen (secondary N) is 2. The molecule has 238 valence electrons. The highest BCUT2D eigenvalue weighted by molar-refractivity contribution is 5.79. The van der Waals surface area contributed by atoms with Gasteiger partial charge in [-0.1, -0.05) is 12.1 Å². The van der Waals surface area contributed by atoms with Gasteiger partial charge in [0.1, 0.15) is 0 Å². The average molecular weight is 605 g/mol. The van der Waals surface area contributed by atoms with E-state index in [2.05, 4.69) is 15.6 Å². The van der Waals surface area contributed by atoms with Crippen LogP contribution >= 0.6 is 0 Å². The highest BCUT2D eigenvalue weighted by Gasteiger charge is 2.25. The summed E-state index contributed by atoms with van der Waals surface area (Å²) in [5.41, 5.74) is 18.0. The molecule has 0 aromatic heterocycles. The molecule has 10 N–H and O–H groups in total. The summed E-state index contributed by atoms with van der Waals surface area (Å²) in [4.78, 5) is 55.5. The van der Waals surface area contributed by atoms with Crippen LogP contribution in [-0.4, -0.2) is 125 Å². The SMILES string of the molecule is NC(N)=Nc1ccc(CNC(=O)N2CCN(C(=O)O)CC2)cc1.NC1CCC(CNC(=O)N2CCN(C(=O)O)CC2)CC1. The third kappa shape index (κ3) is 11.0. The Hall–Kier alpha value is -4.47. The first-order valence-electron chi connectivity index (χ1n) is 14.5. The highest BCUT2D eigenvalue weighted by Crippen LogP contribution is 2.22. The summed E-state index contributed by atoms with van der Waals surface area (Å²) in [5, 5.41) is 23.5. The smallest absolute Gasteiger partial charge is 0.407 e. The number of hydrogen-bond acceptors (Lipinski definition) is 6. The molecule has 0 radical (unpaired) electrons. The maximum atomic E-state index is 12.1. The second kappa shape index (κ2) is 16.2. The molecule has 1 aromatic carbocycles. The molecule has 1 aliphatic carbocycles. The lowest BCUT2D eigenvalue weighted by Gasteiger charge is -2.34. The largest absolute Gasteiger partial charge is 0.465 e. The second-order valence-electron chi connectivity index (χ2n) is 10.8. The van der Waals surface area contributed by atoms with Crippen LogP contribution in [0.15, 0.2) is 29.3 Å². The molecule has 2 saturated heterocycles. The highest BCUT2D eigenvalue weighted by atomic mass is 16.4. The Bertz CT molecular complexity index is 1110. The number of carbonyl (C=O) groups is 4. The second-order valence-corrected chi connectivity index (χ2v) is 10.8. The number of rotatable bonds is 5. The van der Waals surface area contributed by atoms with Crippen molar-refractivity contribution in [3.63, 3.8) is 0 Å². The van der Waals surface area contributed by atoms with Crippen LogP contribution in [0.4, 0.5) is 24.9 Å². The van der Waals surface area contributed by atoms with Crippen LogP contribution in [0, 0.1) is 5.92 Å². The van der Waals surface area contributed by atoms with Crippen LogP contribution in [-0.2, 0) is 6.54 Å². The zero-order chi connectivity index (χ0) is 31.4. The number of aliphatic imine (C=N–C) groups is 1. The Morgan fingerprint density at radius 3 is 1.60 bits per heavy atom. The summed E-state index contributed by atoms with van der Waals surface area (Å²) in [5.74, 6) is 0.519. The van der Waals surface area contributed by atoms with Gasteiger partial charge in [0.15, 0.2) is 5.96 Å². The number of amides is 6. The Morgan fingerprint density at radius 1 is 0.721 bits per heavy atom. The summed E-state index contributed by atoms with van der Waals surface area (Å²) in [6.45, 7) is 4.23. The molecule has 43 heavy (non-hydrogen) atoms. The summed E-state index contributed by atoms with van der Waals surface area (Å²) >= 11 is 0. The Morgan fingerprint density at radius 2 is 1.16 bits per heavy atom. The van der Waals surface area contributed by atoms with Crippen LogP contribution in [0.5, 0.6) is 0 Å². The number of carbonyl (C=O) groups excluding carboxylic acids is 2. The number of nitrogens with zero attached hydrogens (tertiary/aromatic N) is 5. The topological polar surface area (TPSA) is 236 Å². The molecule has 0 spiro atoms. The van der Waals surface area contributed by atoms with Crippen molar-refractivity contribution in [1.82, 2.24) is 30.2 Å². The quantitative estimate of drug-likeness (QED) is 0.184. The zero-order valence-corrected chi connectivity index (χ0v) is 24.4. The van der Waals surface area contributed by atoms with E-state index in [1.54, 1.807) is 21.9 Å². The van der Waals surface area contributed by atoms with Gasteiger partial charge in [0.25, 0.3) is 0 Å². The molecule has 3 aliphatic rings. The van der Waals surface area contributed by atoms with Crippen molar-refractivity contribution in [2.24, 2.45) is 28.1 Å². The minimum atomic E-state index is -0.953. The first-order chi connectivity index (χ1) is 20.5. The van der Waals surface area contributed by atoms with Crippen LogP contribution in [0.3, 0.4) is 0 Å². The molecule has 2 aliphatic heterocycles. The lowest BCUT2D eigenvalue weighted by Crippen LogP contribution is -2.53. The Kier molecular flexibility index (Phi) is 12.5. The van der Waals surface area contributed by atoms with Crippen molar-refractivity contribution < 1.29 is 29.4 Å². The molecule has 0 atom stereocenters. The molecular weight excluding hydrogens is 560 g/mol. The van der Waals surface area contributed by atoms with E-state index in [4.69, 9.17) is 27.4 Å². The van der Waals surface area contributed by atoms with Gasteiger partial charge in [0, 0.05) is 71.5 Å². The van der Waals surface area contributed by atoms with Gasteiger partial charge in [-0.3, -0.25) is 0 Å². The molecule has 0 unspecified atom stereocenters. The van der Waals surface area contributed by atoms with Gasteiger partial charge in [-0.2, -0.15) is 0 Å². The van der Waals surface area contributed by atoms with Crippen molar-refractivity contribution >= 4 is 35.9 Å². The van der Waals surface area contributed by atoms with E-state index >= 15 is 0 Å². The first kappa shape index (κ1) is 33.0. The van der Waals surface area contributed by atoms with E-state index in [-0.39, 0.29) is 18.0 Å². The first-order valence-corrected chi connectivity index (χ1v) is 14.5. The number of nitrogens with two attached hydrogens (primary N) is 3. The molecular formula is C27H44N10O6. The van der Waals surface area contributed by atoms with Crippen LogP contribution < -0.4 is 27.8 Å². The number of benzene rings is 1. The molecule has 3 fully saturated rings. The third-order valence-electron chi connectivity index (χ3n) is 7.75. The van der Waals surface area contributed by atoms with Crippen molar-refractivity contribution in [1.29, 1.82) is 0 Å². The molecule has 4 rings (SSSR count). The zero-order valence-electron chi connectivity index (χ0n) is 24.4. The normalized spacial score (nSPS) is 20.3. The van der Waals surface area contributed by atoms with E-state index < -0.39 is 12.2 Å². The van der Waals surface area contributed by atoms with Crippen LogP contribution in [0.1, 0.15) is 31.2 Å². The number of guanidine groups is 1. The standard InChI is InChI=1S/C14H20N6O3.C13H24N4O3/c15-12(16)18-11-3-1-10(2-4-11)9-17-13(21)19-5-7-20(8-6-19)14(22)23;14-11-3-1-10(2-4-11)9-15-12(18)16-5-7-17(8-6-16)13(19)20/h1-4H,5-9H2,(H,17,21)(H,22,23)(H4,15,16,18);10-11H,1-9,14H2,(H,15,18)(H,19,20). The summed E-state index contributed by atoms with van der Waals surface area (Å²) < 4.78 is 0. The molecule has 16 nitrogen and oxygen atoms in total. The molecule has 1 aromatic rings. The minimum absolute atomic E-state index is 0.00782.